The number of hydrogen-bond donors (Lipinski definition) is 2. The molecule has 1 unspecified atom stereocenters. The average molecular weight is 245 g/mol. The number of hydrogen-bond acceptors (Lipinski definition) is 4. The minimum Gasteiger partial charge on any atom is -0.388 e. The van der Waals surface area contributed by atoms with Crippen LogP contribution >= 0.6 is 0 Å². The van der Waals surface area contributed by atoms with Crippen molar-refractivity contribution in [3.8, 4) is 0 Å². The van der Waals surface area contributed by atoms with E-state index in [1.165, 1.54) is 0 Å². The number of carbonyl (C=O) groups excluding carboxylic acids is 1. The first kappa shape index (κ1) is 16.4. The molecule has 0 fully saturated rings. The van der Waals surface area contributed by atoms with Crippen molar-refractivity contribution in [1.29, 1.82) is 0 Å². The maximum Gasteiger partial charge on any atom is 0.222 e. The molecule has 0 aromatic heterocycles. The van der Waals surface area contributed by atoms with Crippen LogP contribution in [0, 0.1) is 0 Å². The van der Waals surface area contributed by atoms with E-state index in [-0.39, 0.29) is 5.91 Å². The maximum absolute atomic E-state index is 11.3. The van der Waals surface area contributed by atoms with Gasteiger partial charge in [-0.2, -0.15) is 0 Å². The standard InChI is InChI=1S/C12H27N3O2/c1-12(17,10-14(2)3)9-13-8-6-7-11(16)15(4)5/h13,17H,6-10H2,1-5H3. The van der Waals surface area contributed by atoms with Crippen LogP contribution in [0.4, 0.5) is 0 Å². The summed E-state index contributed by atoms with van der Waals surface area (Å²) < 4.78 is 0. The second kappa shape index (κ2) is 7.63. The van der Waals surface area contributed by atoms with Crippen LogP contribution in [0.2, 0.25) is 0 Å². The Labute approximate surface area is 105 Å². The highest BCUT2D eigenvalue weighted by molar-refractivity contribution is 5.75. The molecule has 5 heteroatoms. The summed E-state index contributed by atoms with van der Waals surface area (Å²) in [6.45, 7) is 3.73. The molecule has 0 saturated heterocycles. The first-order valence-electron chi connectivity index (χ1n) is 6.02. The Bertz CT molecular complexity index is 228. The van der Waals surface area contributed by atoms with Crippen molar-refractivity contribution < 1.29 is 9.90 Å². The van der Waals surface area contributed by atoms with Gasteiger partial charge in [-0.05, 0) is 34.0 Å². The summed E-state index contributed by atoms with van der Waals surface area (Å²) in [6.07, 6.45) is 1.35. The summed E-state index contributed by atoms with van der Waals surface area (Å²) in [4.78, 5) is 14.8. The lowest BCUT2D eigenvalue weighted by atomic mass is 10.1. The third kappa shape index (κ3) is 9.09. The van der Waals surface area contributed by atoms with Crippen molar-refractivity contribution in [2.75, 3.05) is 47.8 Å². The normalized spacial score (nSPS) is 14.8. The fourth-order valence-corrected chi connectivity index (χ4v) is 1.68. The zero-order valence-corrected chi connectivity index (χ0v) is 11.8. The Morgan fingerprint density at radius 1 is 1.29 bits per heavy atom. The number of carbonyl (C=O) groups is 1. The molecule has 2 N–H and O–H groups in total. The summed E-state index contributed by atoms with van der Waals surface area (Å²) in [6, 6.07) is 0. The molecule has 0 bridgehead atoms. The van der Waals surface area contributed by atoms with Crippen molar-refractivity contribution in [1.82, 2.24) is 15.1 Å². The number of likely N-dealkylation sites (N-methyl/N-ethyl adjacent to an activating group) is 1. The Balaban J connectivity index is 3.61. The molecule has 0 heterocycles. The smallest absolute Gasteiger partial charge is 0.222 e. The van der Waals surface area contributed by atoms with Gasteiger partial charge in [-0.15, -0.1) is 0 Å². The molecular weight excluding hydrogens is 218 g/mol. The van der Waals surface area contributed by atoms with Crippen molar-refractivity contribution in [2.45, 2.75) is 25.4 Å². The SMILES string of the molecule is CN(C)CC(C)(O)CNCCCC(=O)N(C)C. The fourth-order valence-electron chi connectivity index (χ4n) is 1.68. The quantitative estimate of drug-likeness (QED) is 0.579. The Morgan fingerprint density at radius 3 is 2.35 bits per heavy atom. The number of aliphatic hydroxyl groups is 1. The number of nitrogens with zero attached hydrogens (tertiary/aromatic N) is 2. The van der Waals surface area contributed by atoms with Gasteiger partial charge in [0.15, 0.2) is 0 Å². The Morgan fingerprint density at radius 2 is 1.88 bits per heavy atom. The average Bonchev–Trinajstić information content (AvgIpc) is 2.14. The molecule has 1 atom stereocenters. The molecular formula is C12H27N3O2. The molecule has 102 valence electrons. The number of amides is 1. The monoisotopic (exact) mass is 245 g/mol. The summed E-state index contributed by atoms with van der Waals surface area (Å²) in [5.74, 6) is 0.145. The van der Waals surface area contributed by atoms with Gasteiger partial charge in [-0.3, -0.25) is 4.79 Å². The third-order valence-corrected chi connectivity index (χ3v) is 2.41. The highest BCUT2D eigenvalue weighted by Gasteiger charge is 2.20. The van der Waals surface area contributed by atoms with Gasteiger partial charge in [0.05, 0.1) is 5.60 Å². The molecule has 0 aromatic rings. The van der Waals surface area contributed by atoms with Gasteiger partial charge in [-0.25, -0.2) is 0 Å². The summed E-state index contributed by atoms with van der Waals surface area (Å²) in [7, 11) is 7.39. The maximum atomic E-state index is 11.3. The Kier molecular flexibility index (Phi) is 7.34. The highest BCUT2D eigenvalue weighted by Crippen LogP contribution is 2.02. The van der Waals surface area contributed by atoms with Crippen molar-refractivity contribution in [3.63, 3.8) is 0 Å². The van der Waals surface area contributed by atoms with Gasteiger partial charge < -0.3 is 20.2 Å². The van der Waals surface area contributed by atoms with E-state index in [0.29, 0.717) is 19.5 Å². The van der Waals surface area contributed by atoms with E-state index in [2.05, 4.69) is 5.32 Å². The zero-order chi connectivity index (χ0) is 13.5. The minimum atomic E-state index is -0.727. The highest BCUT2D eigenvalue weighted by atomic mass is 16.3. The van der Waals surface area contributed by atoms with Crippen LogP contribution in [0.1, 0.15) is 19.8 Å². The van der Waals surface area contributed by atoms with Crippen LogP contribution in [0.5, 0.6) is 0 Å². The first-order chi connectivity index (χ1) is 7.74. The predicted octanol–water partition coefficient (Wildman–Crippen LogP) is -0.243. The van der Waals surface area contributed by atoms with Crippen LogP contribution in [0.3, 0.4) is 0 Å². The van der Waals surface area contributed by atoms with E-state index in [4.69, 9.17) is 0 Å². The third-order valence-electron chi connectivity index (χ3n) is 2.41. The molecule has 0 rings (SSSR count). The molecule has 0 spiro atoms. The van der Waals surface area contributed by atoms with Gasteiger partial charge in [-0.1, -0.05) is 0 Å². The molecule has 5 nitrogen and oxygen atoms in total. The lowest BCUT2D eigenvalue weighted by molar-refractivity contribution is -0.128. The van der Waals surface area contributed by atoms with Gasteiger partial charge in [0.2, 0.25) is 5.91 Å². The van der Waals surface area contributed by atoms with Crippen molar-refractivity contribution in [3.05, 3.63) is 0 Å². The van der Waals surface area contributed by atoms with E-state index in [1.807, 2.05) is 25.9 Å². The lowest BCUT2D eigenvalue weighted by Crippen LogP contribution is -2.45. The van der Waals surface area contributed by atoms with E-state index in [9.17, 15) is 9.90 Å². The van der Waals surface area contributed by atoms with E-state index in [0.717, 1.165) is 13.0 Å². The molecule has 0 radical (unpaired) electrons. The molecule has 1 amide bonds. The number of nitrogens with one attached hydrogen (secondary N) is 1. The number of rotatable bonds is 8. The molecule has 0 aromatic carbocycles. The second-order valence-corrected chi connectivity index (χ2v) is 5.30. The van der Waals surface area contributed by atoms with Crippen LogP contribution in [-0.4, -0.2) is 74.2 Å². The Hall–Kier alpha value is -0.650. The first-order valence-corrected chi connectivity index (χ1v) is 6.02. The van der Waals surface area contributed by atoms with E-state index < -0.39 is 5.60 Å². The van der Waals surface area contributed by atoms with Gasteiger partial charge in [0.25, 0.3) is 0 Å². The molecule has 0 aliphatic carbocycles. The van der Waals surface area contributed by atoms with Crippen LogP contribution in [-0.2, 0) is 4.79 Å². The summed E-state index contributed by atoms with van der Waals surface area (Å²) in [5.41, 5.74) is -0.727. The van der Waals surface area contributed by atoms with Crippen LogP contribution < -0.4 is 5.32 Å². The molecule has 0 aliphatic heterocycles. The zero-order valence-electron chi connectivity index (χ0n) is 11.8. The topological polar surface area (TPSA) is 55.8 Å². The molecule has 17 heavy (non-hydrogen) atoms. The summed E-state index contributed by atoms with van der Waals surface area (Å²) >= 11 is 0. The predicted molar refractivity (Wildman–Crippen MR) is 70.0 cm³/mol. The van der Waals surface area contributed by atoms with Crippen LogP contribution in [0.15, 0.2) is 0 Å². The van der Waals surface area contributed by atoms with Crippen molar-refractivity contribution in [2.24, 2.45) is 0 Å². The largest absolute Gasteiger partial charge is 0.388 e. The lowest BCUT2D eigenvalue weighted by Gasteiger charge is -2.27. The fraction of sp³-hybridized carbons (Fsp3) is 0.917. The summed E-state index contributed by atoms with van der Waals surface area (Å²) in [5, 5.41) is 13.2. The van der Waals surface area contributed by atoms with Gasteiger partial charge in [0, 0.05) is 33.6 Å². The second-order valence-electron chi connectivity index (χ2n) is 5.30. The molecule has 0 saturated carbocycles. The van der Waals surface area contributed by atoms with Gasteiger partial charge in [0.1, 0.15) is 0 Å². The van der Waals surface area contributed by atoms with E-state index >= 15 is 0 Å². The van der Waals surface area contributed by atoms with Crippen molar-refractivity contribution >= 4 is 5.91 Å². The minimum absolute atomic E-state index is 0.145. The van der Waals surface area contributed by atoms with Crippen LogP contribution in [0.25, 0.3) is 0 Å². The van der Waals surface area contributed by atoms with E-state index in [1.54, 1.807) is 19.0 Å². The van der Waals surface area contributed by atoms with Gasteiger partial charge >= 0.3 is 0 Å². The molecule has 0 aliphatic rings.